The van der Waals surface area contributed by atoms with Gasteiger partial charge in [-0.25, -0.2) is 0 Å². The van der Waals surface area contributed by atoms with Crippen LogP contribution in [0, 0.1) is 5.92 Å². The Morgan fingerprint density at radius 3 is 2.61 bits per heavy atom. The molecule has 0 spiro atoms. The Balaban J connectivity index is 1.62. The molecule has 2 aromatic rings. The fourth-order valence-corrected chi connectivity index (χ4v) is 2.89. The minimum absolute atomic E-state index is 0.775. The number of benzene rings is 2. The number of unbranched alkanes of at least 4 members (excludes halogenated alkanes) is 1. The minimum Gasteiger partial charge on any atom is -0.494 e. The topological polar surface area (TPSA) is 21.3 Å². The van der Waals surface area contributed by atoms with Crippen LogP contribution < -0.4 is 10.1 Å². The van der Waals surface area contributed by atoms with E-state index in [2.05, 4.69) is 61.6 Å². The normalized spacial score (nSPS) is 12.4. The molecule has 2 heteroatoms. The van der Waals surface area contributed by atoms with Gasteiger partial charge in [0.2, 0.25) is 0 Å². The van der Waals surface area contributed by atoms with E-state index in [1.165, 1.54) is 36.5 Å². The zero-order chi connectivity index (χ0) is 16.3. The van der Waals surface area contributed by atoms with Gasteiger partial charge >= 0.3 is 0 Å². The second kappa shape index (κ2) is 10.3. The van der Waals surface area contributed by atoms with Gasteiger partial charge in [-0.05, 0) is 54.8 Å². The Morgan fingerprint density at radius 1 is 1.00 bits per heavy atom. The molecule has 0 radical (unpaired) electrons. The number of hydrogen-bond acceptors (Lipinski definition) is 2. The van der Waals surface area contributed by atoms with Crippen LogP contribution in [0.3, 0.4) is 0 Å². The minimum atomic E-state index is 0.775. The molecular formula is C21H31NO. The first-order chi connectivity index (χ1) is 11.3. The third-order valence-electron chi connectivity index (χ3n) is 4.46. The van der Waals surface area contributed by atoms with Gasteiger partial charge in [0.1, 0.15) is 5.75 Å². The summed E-state index contributed by atoms with van der Waals surface area (Å²) in [5, 5.41) is 6.08. The molecule has 0 saturated carbocycles. The van der Waals surface area contributed by atoms with E-state index < -0.39 is 0 Å². The summed E-state index contributed by atoms with van der Waals surface area (Å²) in [7, 11) is 0. The summed E-state index contributed by atoms with van der Waals surface area (Å²) in [6.07, 6.45) is 6.34. The molecule has 2 aromatic carbocycles. The highest BCUT2D eigenvalue weighted by atomic mass is 16.5. The summed E-state index contributed by atoms with van der Waals surface area (Å²) in [5.41, 5.74) is 0. The maximum atomic E-state index is 5.87. The molecule has 0 aliphatic heterocycles. The van der Waals surface area contributed by atoms with Gasteiger partial charge in [0.25, 0.3) is 0 Å². The van der Waals surface area contributed by atoms with Crippen LogP contribution in [0.25, 0.3) is 10.8 Å². The molecular weight excluding hydrogens is 282 g/mol. The molecule has 23 heavy (non-hydrogen) atoms. The van der Waals surface area contributed by atoms with Gasteiger partial charge in [-0.2, -0.15) is 0 Å². The number of hydrogen-bond donors (Lipinski definition) is 1. The Hall–Kier alpha value is -1.54. The predicted octanol–water partition coefficient (Wildman–Crippen LogP) is 5.41. The largest absolute Gasteiger partial charge is 0.494 e. The lowest BCUT2D eigenvalue weighted by molar-refractivity contribution is 0.305. The molecule has 2 rings (SSSR count). The van der Waals surface area contributed by atoms with Crippen molar-refractivity contribution in [1.29, 1.82) is 0 Å². The third-order valence-corrected chi connectivity index (χ3v) is 4.46. The molecule has 0 saturated heterocycles. The zero-order valence-electron chi connectivity index (χ0n) is 14.7. The van der Waals surface area contributed by atoms with Gasteiger partial charge in [0.05, 0.1) is 6.61 Å². The average Bonchev–Trinajstić information content (AvgIpc) is 2.60. The summed E-state index contributed by atoms with van der Waals surface area (Å²) in [5.74, 6) is 1.80. The quantitative estimate of drug-likeness (QED) is 0.560. The van der Waals surface area contributed by atoms with Crippen molar-refractivity contribution in [3.05, 3.63) is 42.5 Å². The smallest absolute Gasteiger partial charge is 0.119 e. The van der Waals surface area contributed by atoms with Crippen molar-refractivity contribution in [2.24, 2.45) is 5.92 Å². The van der Waals surface area contributed by atoms with E-state index in [9.17, 15) is 0 Å². The fraction of sp³-hybridized carbons (Fsp3) is 0.524. The molecule has 0 amide bonds. The molecule has 0 aliphatic rings. The van der Waals surface area contributed by atoms with E-state index >= 15 is 0 Å². The van der Waals surface area contributed by atoms with E-state index in [0.717, 1.165) is 37.8 Å². The Labute approximate surface area is 141 Å². The van der Waals surface area contributed by atoms with Crippen LogP contribution in [0.5, 0.6) is 5.75 Å². The Kier molecular flexibility index (Phi) is 7.96. The van der Waals surface area contributed by atoms with Crippen molar-refractivity contribution in [2.45, 2.75) is 46.0 Å². The second-order valence-electron chi connectivity index (χ2n) is 6.33. The number of nitrogens with one attached hydrogen (secondary N) is 1. The van der Waals surface area contributed by atoms with Crippen LogP contribution in [-0.2, 0) is 0 Å². The number of rotatable bonds is 11. The van der Waals surface area contributed by atoms with Gasteiger partial charge in [0.15, 0.2) is 0 Å². The summed E-state index contributed by atoms with van der Waals surface area (Å²) in [6, 6.07) is 14.7. The maximum Gasteiger partial charge on any atom is 0.119 e. The second-order valence-corrected chi connectivity index (χ2v) is 6.33. The van der Waals surface area contributed by atoms with Crippen LogP contribution in [-0.4, -0.2) is 19.7 Å². The Morgan fingerprint density at radius 2 is 1.83 bits per heavy atom. The van der Waals surface area contributed by atoms with Crippen molar-refractivity contribution in [1.82, 2.24) is 5.32 Å². The van der Waals surface area contributed by atoms with E-state index in [1.807, 2.05) is 0 Å². The molecule has 1 N–H and O–H groups in total. The van der Waals surface area contributed by atoms with Crippen LogP contribution in [0.4, 0.5) is 0 Å². The molecule has 126 valence electrons. The Bertz CT molecular complexity index is 567. The fourth-order valence-electron chi connectivity index (χ4n) is 2.89. The summed E-state index contributed by atoms with van der Waals surface area (Å²) in [4.78, 5) is 0. The molecule has 0 aliphatic carbocycles. The van der Waals surface area contributed by atoms with Crippen LogP contribution in [0.2, 0.25) is 0 Å². The zero-order valence-corrected chi connectivity index (χ0v) is 14.7. The maximum absolute atomic E-state index is 5.87. The molecule has 0 heterocycles. The van der Waals surface area contributed by atoms with Gasteiger partial charge < -0.3 is 10.1 Å². The van der Waals surface area contributed by atoms with Gasteiger partial charge in [-0.3, -0.25) is 0 Å². The standard InChI is InChI=1S/C21H31NO/c1-3-5-9-18(4-2)17-22-14-8-15-23-21-13-12-19-10-6-7-11-20(19)16-21/h6-7,10-13,16,18,22H,3-5,8-9,14-15,17H2,1-2H3. The molecule has 1 atom stereocenters. The SMILES string of the molecule is CCCCC(CC)CNCCCOc1ccc2ccccc2c1. The summed E-state index contributed by atoms with van der Waals surface area (Å²) in [6.45, 7) is 7.52. The van der Waals surface area contributed by atoms with Crippen LogP contribution in [0.15, 0.2) is 42.5 Å². The van der Waals surface area contributed by atoms with Gasteiger partial charge in [-0.15, -0.1) is 0 Å². The van der Waals surface area contributed by atoms with Crippen LogP contribution >= 0.6 is 0 Å². The van der Waals surface area contributed by atoms with Crippen molar-refractivity contribution in [3.63, 3.8) is 0 Å². The average molecular weight is 313 g/mol. The lowest BCUT2D eigenvalue weighted by atomic mass is 9.99. The lowest BCUT2D eigenvalue weighted by Gasteiger charge is -2.15. The molecule has 2 nitrogen and oxygen atoms in total. The van der Waals surface area contributed by atoms with Crippen LogP contribution in [0.1, 0.15) is 46.0 Å². The van der Waals surface area contributed by atoms with Crippen molar-refractivity contribution < 1.29 is 4.74 Å². The first-order valence-corrected chi connectivity index (χ1v) is 9.15. The van der Waals surface area contributed by atoms with Crippen molar-refractivity contribution in [2.75, 3.05) is 19.7 Å². The first kappa shape index (κ1) is 17.8. The highest BCUT2D eigenvalue weighted by molar-refractivity contribution is 5.83. The molecule has 0 fully saturated rings. The highest BCUT2D eigenvalue weighted by Crippen LogP contribution is 2.20. The van der Waals surface area contributed by atoms with Crippen molar-refractivity contribution >= 4 is 10.8 Å². The molecule has 0 bridgehead atoms. The van der Waals surface area contributed by atoms with Gasteiger partial charge in [0, 0.05) is 0 Å². The molecule has 1 unspecified atom stereocenters. The summed E-state index contributed by atoms with van der Waals surface area (Å²) < 4.78 is 5.87. The molecule has 0 aromatic heterocycles. The number of ether oxygens (including phenoxy) is 1. The van der Waals surface area contributed by atoms with E-state index in [0.29, 0.717) is 0 Å². The monoisotopic (exact) mass is 313 g/mol. The van der Waals surface area contributed by atoms with Gasteiger partial charge in [-0.1, -0.05) is 63.4 Å². The highest BCUT2D eigenvalue weighted by Gasteiger charge is 2.04. The number of fused-ring (bicyclic) bond motifs is 1. The third kappa shape index (κ3) is 6.23. The van der Waals surface area contributed by atoms with Crippen molar-refractivity contribution in [3.8, 4) is 5.75 Å². The summed E-state index contributed by atoms with van der Waals surface area (Å²) >= 11 is 0. The first-order valence-electron chi connectivity index (χ1n) is 9.15. The van der Waals surface area contributed by atoms with E-state index in [4.69, 9.17) is 4.74 Å². The predicted molar refractivity (Wildman–Crippen MR) is 100 cm³/mol. The van der Waals surface area contributed by atoms with E-state index in [-0.39, 0.29) is 0 Å². The lowest BCUT2D eigenvalue weighted by Crippen LogP contribution is -2.24. The van der Waals surface area contributed by atoms with E-state index in [1.54, 1.807) is 0 Å².